The summed E-state index contributed by atoms with van der Waals surface area (Å²) in [6.07, 6.45) is 0.826. The molecule has 1 amide bonds. The Morgan fingerprint density at radius 1 is 1.09 bits per heavy atom. The number of para-hydroxylation sites is 1. The lowest BCUT2D eigenvalue weighted by Gasteiger charge is -2.29. The van der Waals surface area contributed by atoms with E-state index in [1.807, 2.05) is 63.2 Å². The Kier molecular flexibility index (Phi) is 5.05. The van der Waals surface area contributed by atoms with Crippen molar-refractivity contribution in [2.24, 2.45) is 0 Å². The molecule has 8 nitrogen and oxygen atoms in total. The van der Waals surface area contributed by atoms with Crippen molar-refractivity contribution in [1.29, 1.82) is 0 Å². The zero-order valence-corrected chi connectivity index (χ0v) is 18.3. The van der Waals surface area contributed by atoms with Crippen molar-refractivity contribution in [3.63, 3.8) is 0 Å². The fourth-order valence-electron chi connectivity index (χ4n) is 4.11. The lowest BCUT2D eigenvalue weighted by atomic mass is 9.94. The Balaban J connectivity index is 1.59. The maximum absolute atomic E-state index is 13.5. The number of benzene rings is 2. The van der Waals surface area contributed by atoms with Gasteiger partial charge in [0, 0.05) is 17.8 Å². The van der Waals surface area contributed by atoms with Crippen LogP contribution >= 0.6 is 0 Å². The number of nitrogens with one attached hydrogen (secondary N) is 2. The van der Waals surface area contributed by atoms with Crippen molar-refractivity contribution in [3.05, 3.63) is 70.7 Å². The Labute approximate surface area is 186 Å². The van der Waals surface area contributed by atoms with Gasteiger partial charge in [0.15, 0.2) is 11.5 Å². The zero-order valence-electron chi connectivity index (χ0n) is 18.3. The number of aryl methyl sites for hydroxylation is 2. The van der Waals surface area contributed by atoms with Gasteiger partial charge < -0.3 is 20.1 Å². The van der Waals surface area contributed by atoms with Crippen molar-refractivity contribution in [2.45, 2.75) is 33.2 Å². The number of carbonyl (C=O) groups is 1. The van der Waals surface area contributed by atoms with Gasteiger partial charge in [-0.1, -0.05) is 24.3 Å². The van der Waals surface area contributed by atoms with Crippen molar-refractivity contribution in [2.75, 3.05) is 23.8 Å². The molecule has 1 unspecified atom stereocenters. The third kappa shape index (κ3) is 3.57. The van der Waals surface area contributed by atoms with Gasteiger partial charge >= 0.3 is 0 Å². The van der Waals surface area contributed by atoms with Gasteiger partial charge in [-0.15, -0.1) is 0 Å². The Bertz CT molecular complexity index is 1230. The van der Waals surface area contributed by atoms with E-state index in [4.69, 9.17) is 9.47 Å². The molecule has 2 aliphatic heterocycles. The molecule has 1 aromatic heterocycles. The van der Waals surface area contributed by atoms with E-state index in [2.05, 4.69) is 20.7 Å². The summed E-state index contributed by atoms with van der Waals surface area (Å²) in [5.41, 5.74) is 3.94. The number of amides is 1. The number of rotatable bonds is 3. The molecular formula is C24H25N5O3. The first-order valence-corrected chi connectivity index (χ1v) is 10.7. The van der Waals surface area contributed by atoms with E-state index in [0.29, 0.717) is 42.1 Å². The number of carbonyl (C=O) groups excluding carboxylic acids is 1. The van der Waals surface area contributed by atoms with E-state index in [1.165, 1.54) is 0 Å². The standard InChI is InChI=1S/C24H25N5O3/c1-14-7-4-5-8-18(14)27-23(30)21-15(2)25-24-26-16(3)28-29(24)22(21)17-9-10-19-20(13-17)32-12-6-11-31-19/h4-5,7-10,13,22H,6,11-12H2,1-3H3,(H,27,30)(H,25,26,28). The van der Waals surface area contributed by atoms with Gasteiger partial charge in [0.05, 0.1) is 18.8 Å². The number of anilines is 2. The summed E-state index contributed by atoms with van der Waals surface area (Å²) >= 11 is 0. The van der Waals surface area contributed by atoms with E-state index in [0.717, 1.165) is 28.9 Å². The minimum absolute atomic E-state index is 0.194. The second-order valence-electron chi connectivity index (χ2n) is 8.02. The highest BCUT2D eigenvalue weighted by Crippen LogP contribution is 2.39. The van der Waals surface area contributed by atoms with E-state index < -0.39 is 6.04 Å². The molecule has 2 N–H and O–H groups in total. The zero-order chi connectivity index (χ0) is 22.2. The van der Waals surface area contributed by atoms with E-state index in [9.17, 15) is 4.79 Å². The molecule has 0 aliphatic carbocycles. The highest BCUT2D eigenvalue weighted by Gasteiger charge is 2.34. The second-order valence-corrected chi connectivity index (χ2v) is 8.02. The smallest absolute Gasteiger partial charge is 0.255 e. The van der Waals surface area contributed by atoms with Gasteiger partial charge in [-0.25, -0.2) is 4.68 Å². The number of fused-ring (bicyclic) bond motifs is 2. The molecule has 32 heavy (non-hydrogen) atoms. The van der Waals surface area contributed by atoms with Crippen LogP contribution in [0.15, 0.2) is 53.7 Å². The average molecular weight is 431 g/mol. The number of hydrogen-bond acceptors (Lipinski definition) is 6. The largest absolute Gasteiger partial charge is 0.490 e. The first-order chi connectivity index (χ1) is 15.5. The SMILES string of the molecule is CC1=C(C(=O)Nc2ccccc2C)C(c2ccc3c(c2)OCCCO3)n2nc(C)nc2N1. The van der Waals surface area contributed by atoms with Crippen LogP contribution in [0, 0.1) is 13.8 Å². The molecule has 2 aliphatic rings. The van der Waals surface area contributed by atoms with E-state index in [-0.39, 0.29) is 5.91 Å². The van der Waals surface area contributed by atoms with Crippen LogP contribution in [0.5, 0.6) is 11.5 Å². The molecule has 0 fully saturated rings. The van der Waals surface area contributed by atoms with Gasteiger partial charge in [0.1, 0.15) is 11.9 Å². The van der Waals surface area contributed by atoms with Crippen LogP contribution in [0.3, 0.4) is 0 Å². The summed E-state index contributed by atoms with van der Waals surface area (Å²) in [5, 5.41) is 10.9. The number of hydrogen-bond donors (Lipinski definition) is 2. The Morgan fingerprint density at radius 3 is 2.69 bits per heavy atom. The van der Waals surface area contributed by atoms with Crippen molar-refractivity contribution < 1.29 is 14.3 Å². The number of ether oxygens (including phenoxy) is 2. The monoisotopic (exact) mass is 431 g/mol. The summed E-state index contributed by atoms with van der Waals surface area (Å²) < 4.78 is 13.5. The predicted octanol–water partition coefficient (Wildman–Crippen LogP) is 3.98. The second kappa shape index (κ2) is 8.03. The maximum Gasteiger partial charge on any atom is 0.255 e. The first kappa shape index (κ1) is 20.1. The molecule has 0 saturated carbocycles. The van der Waals surface area contributed by atoms with Crippen LogP contribution in [0.2, 0.25) is 0 Å². The molecule has 0 spiro atoms. The third-order valence-electron chi connectivity index (χ3n) is 5.68. The molecule has 0 saturated heterocycles. The van der Waals surface area contributed by atoms with Crippen LogP contribution in [0.25, 0.3) is 0 Å². The number of aromatic nitrogens is 3. The van der Waals surface area contributed by atoms with Gasteiger partial charge in [0.2, 0.25) is 5.95 Å². The van der Waals surface area contributed by atoms with Gasteiger partial charge in [0.25, 0.3) is 5.91 Å². The molecule has 3 aromatic rings. The van der Waals surface area contributed by atoms with Crippen molar-refractivity contribution in [3.8, 4) is 11.5 Å². The summed E-state index contributed by atoms with van der Waals surface area (Å²) in [6, 6.07) is 13.0. The molecule has 5 rings (SSSR count). The van der Waals surface area contributed by atoms with Crippen LogP contribution < -0.4 is 20.1 Å². The van der Waals surface area contributed by atoms with Crippen LogP contribution in [0.4, 0.5) is 11.6 Å². The Morgan fingerprint density at radius 2 is 1.88 bits per heavy atom. The molecular weight excluding hydrogens is 406 g/mol. The summed E-state index contributed by atoms with van der Waals surface area (Å²) in [6.45, 7) is 6.90. The van der Waals surface area contributed by atoms with Crippen LogP contribution in [-0.4, -0.2) is 33.9 Å². The molecule has 0 radical (unpaired) electrons. The quantitative estimate of drug-likeness (QED) is 0.652. The van der Waals surface area contributed by atoms with E-state index in [1.54, 1.807) is 4.68 Å². The number of nitrogens with zero attached hydrogens (tertiary/aromatic N) is 3. The Hall–Kier alpha value is -3.81. The molecule has 0 bridgehead atoms. The normalized spacial score (nSPS) is 17.3. The van der Waals surface area contributed by atoms with Crippen molar-refractivity contribution >= 4 is 17.5 Å². The van der Waals surface area contributed by atoms with Crippen LogP contribution in [-0.2, 0) is 4.79 Å². The summed E-state index contributed by atoms with van der Waals surface area (Å²) in [5.74, 6) is 2.42. The van der Waals surface area contributed by atoms with E-state index >= 15 is 0 Å². The summed E-state index contributed by atoms with van der Waals surface area (Å²) in [4.78, 5) is 18.0. The molecule has 1 atom stereocenters. The van der Waals surface area contributed by atoms with Crippen molar-refractivity contribution in [1.82, 2.24) is 14.8 Å². The lowest BCUT2D eigenvalue weighted by Crippen LogP contribution is -2.31. The molecule has 164 valence electrons. The highest BCUT2D eigenvalue weighted by atomic mass is 16.5. The van der Waals surface area contributed by atoms with Gasteiger partial charge in [-0.2, -0.15) is 10.1 Å². The topological polar surface area (TPSA) is 90.3 Å². The fourth-order valence-corrected chi connectivity index (χ4v) is 4.11. The lowest BCUT2D eigenvalue weighted by molar-refractivity contribution is -0.113. The first-order valence-electron chi connectivity index (χ1n) is 10.7. The predicted molar refractivity (Wildman–Crippen MR) is 121 cm³/mol. The van der Waals surface area contributed by atoms with Gasteiger partial charge in [-0.05, 0) is 50.1 Å². The minimum Gasteiger partial charge on any atom is -0.490 e. The number of allylic oxidation sites excluding steroid dienone is 1. The maximum atomic E-state index is 13.5. The summed E-state index contributed by atoms with van der Waals surface area (Å²) in [7, 11) is 0. The highest BCUT2D eigenvalue weighted by molar-refractivity contribution is 6.06. The third-order valence-corrected chi connectivity index (χ3v) is 5.68. The fraction of sp³-hybridized carbons (Fsp3) is 0.292. The minimum atomic E-state index is -0.464. The average Bonchev–Trinajstić information content (AvgIpc) is 2.98. The van der Waals surface area contributed by atoms with Crippen LogP contribution in [0.1, 0.15) is 36.3 Å². The van der Waals surface area contributed by atoms with Gasteiger partial charge in [-0.3, -0.25) is 4.79 Å². The molecule has 8 heteroatoms. The molecule has 2 aromatic carbocycles. The molecule has 3 heterocycles.